The first-order valence-electron chi connectivity index (χ1n) is 6.63. The molecule has 94 valence electrons. The van der Waals surface area contributed by atoms with Gasteiger partial charge in [-0.3, -0.25) is 4.79 Å². The van der Waals surface area contributed by atoms with Gasteiger partial charge in [0.05, 0.1) is 13.2 Å². The van der Waals surface area contributed by atoms with Crippen molar-refractivity contribution in [2.75, 3.05) is 13.2 Å². The summed E-state index contributed by atoms with van der Waals surface area (Å²) in [7, 11) is 0. The van der Waals surface area contributed by atoms with Crippen molar-refractivity contribution in [1.29, 1.82) is 0 Å². The highest BCUT2D eigenvalue weighted by Gasteiger charge is 2.21. The average molecular weight is 227 g/mol. The lowest BCUT2D eigenvalue weighted by Gasteiger charge is -2.19. The van der Waals surface area contributed by atoms with Crippen LogP contribution in [-0.2, 0) is 9.53 Å². The van der Waals surface area contributed by atoms with E-state index in [0.29, 0.717) is 19.2 Å². The van der Waals surface area contributed by atoms with Crippen LogP contribution < -0.4 is 5.32 Å². The van der Waals surface area contributed by atoms with Gasteiger partial charge < -0.3 is 10.1 Å². The zero-order valence-corrected chi connectivity index (χ0v) is 10.6. The summed E-state index contributed by atoms with van der Waals surface area (Å²) in [6.45, 7) is 5.19. The molecule has 0 spiro atoms. The summed E-state index contributed by atoms with van der Waals surface area (Å²) in [6.07, 6.45) is 7.33. The van der Waals surface area contributed by atoms with E-state index < -0.39 is 0 Å². The highest BCUT2D eigenvalue weighted by molar-refractivity contribution is 5.71. The van der Waals surface area contributed by atoms with Gasteiger partial charge in [-0.05, 0) is 32.1 Å². The van der Waals surface area contributed by atoms with Crippen LogP contribution in [0.4, 0.5) is 0 Å². The Morgan fingerprint density at radius 2 is 2.12 bits per heavy atom. The van der Waals surface area contributed by atoms with E-state index >= 15 is 0 Å². The van der Waals surface area contributed by atoms with Gasteiger partial charge in [-0.2, -0.15) is 0 Å². The average Bonchev–Trinajstić information content (AvgIpc) is 2.79. The molecule has 1 atom stereocenters. The molecule has 0 aromatic rings. The van der Waals surface area contributed by atoms with Crippen LogP contribution in [0, 0.1) is 5.92 Å². The van der Waals surface area contributed by atoms with Crippen LogP contribution in [0.1, 0.15) is 52.4 Å². The molecule has 1 N–H and O–H groups in total. The fourth-order valence-electron chi connectivity index (χ4n) is 2.25. The smallest absolute Gasteiger partial charge is 0.319 e. The number of carbonyl (C=O) groups excluding carboxylic acids is 1. The zero-order chi connectivity index (χ0) is 11.8. The molecule has 1 aliphatic rings. The van der Waals surface area contributed by atoms with E-state index in [1.807, 2.05) is 0 Å². The summed E-state index contributed by atoms with van der Waals surface area (Å²) in [5.41, 5.74) is 0. The van der Waals surface area contributed by atoms with Crippen LogP contribution >= 0.6 is 0 Å². The van der Waals surface area contributed by atoms with Gasteiger partial charge >= 0.3 is 5.97 Å². The Hall–Kier alpha value is -0.570. The van der Waals surface area contributed by atoms with Crippen LogP contribution in [0.3, 0.4) is 0 Å². The largest absolute Gasteiger partial charge is 0.465 e. The van der Waals surface area contributed by atoms with Gasteiger partial charge in [-0.15, -0.1) is 0 Å². The van der Waals surface area contributed by atoms with Gasteiger partial charge in [0.1, 0.15) is 0 Å². The number of ether oxygens (including phenoxy) is 1. The zero-order valence-electron chi connectivity index (χ0n) is 10.6. The fraction of sp³-hybridized carbons (Fsp3) is 0.923. The number of carbonyl (C=O) groups is 1. The summed E-state index contributed by atoms with van der Waals surface area (Å²) in [5.74, 6) is 0.640. The minimum Gasteiger partial charge on any atom is -0.465 e. The maximum absolute atomic E-state index is 11.4. The van der Waals surface area contributed by atoms with E-state index in [2.05, 4.69) is 19.2 Å². The molecule has 1 rings (SSSR count). The lowest BCUT2D eigenvalue weighted by atomic mass is 10.00. The Balaban J connectivity index is 2.06. The lowest BCUT2D eigenvalue weighted by molar-refractivity contribution is -0.142. The summed E-state index contributed by atoms with van der Waals surface area (Å²) in [5, 5.41) is 3.28. The number of hydrogen-bond donors (Lipinski definition) is 1. The van der Waals surface area contributed by atoms with Crippen molar-refractivity contribution < 1.29 is 9.53 Å². The van der Waals surface area contributed by atoms with E-state index in [0.717, 1.165) is 18.8 Å². The van der Waals surface area contributed by atoms with Crippen molar-refractivity contribution in [1.82, 2.24) is 5.32 Å². The first-order chi connectivity index (χ1) is 7.74. The Morgan fingerprint density at radius 1 is 1.44 bits per heavy atom. The molecule has 1 unspecified atom stereocenters. The topological polar surface area (TPSA) is 38.3 Å². The number of esters is 1. The molecule has 0 amide bonds. The van der Waals surface area contributed by atoms with Crippen molar-refractivity contribution >= 4 is 5.97 Å². The molecule has 0 saturated heterocycles. The Labute approximate surface area is 98.9 Å². The second-order valence-corrected chi connectivity index (χ2v) is 4.79. The predicted octanol–water partition coefficient (Wildman–Crippen LogP) is 2.50. The number of hydrogen-bond acceptors (Lipinski definition) is 3. The van der Waals surface area contributed by atoms with E-state index in [4.69, 9.17) is 4.74 Å². The molecule has 3 heteroatoms. The molecule has 16 heavy (non-hydrogen) atoms. The minimum absolute atomic E-state index is 0.113. The van der Waals surface area contributed by atoms with Gasteiger partial charge in [0.25, 0.3) is 0 Å². The van der Waals surface area contributed by atoms with Gasteiger partial charge in [0.2, 0.25) is 0 Å². The van der Waals surface area contributed by atoms with Crippen LogP contribution in [0.5, 0.6) is 0 Å². The second kappa shape index (κ2) is 7.66. The van der Waals surface area contributed by atoms with Crippen LogP contribution in [-0.4, -0.2) is 25.2 Å². The highest BCUT2D eigenvalue weighted by atomic mass is 16.5. The van der Waals surface area contributed by atoms with Gasteiger partial charge in [-0.25, -0.2) is 0 Å². The standard InChI is InChI=1S/C13H25NO2/c1-3-4-9-16-13(15)10-14-11(2)12-7-5-6-8-12/h11-12,14H,3-10H2,1-2H3. The molecule has 3 nitrogen and oxygen atoms in total. The molecular formula is C13H25NO2. The quantitative estimate of drug-likeness (QED) is 0.536. The molecule has 1 aliphatic carbocycles. The van der Waals surface area contributed by atoms with Gasteiger partial charge in [-0.1, -0.05) is 26.2 Å². The van der Waals surface area contributed by atoms with Crippen molar-refractivity contribution in [3.63, 3.8) is 0 Å². The Kier molecular flexibility index (Phi) is 6.46. The normalized spacial score (nSPS) is 18.6. The van der Waals surface area contributed by atoms with Crippen molar-refractivity contribution in [3.8, 4) is 0 Å². The molecule has 0 aromatic heterocycles. The monoisotopic (exact) mass is 227 g/mol. The molecule has 0 bridgehead atoms. The number of unbranched alkanes of at least 4 members (excludes halogenated alkanes) is 1. The molecule has 0 heterocycles. The maximum atomic E-state index is 11.4. The summed E-state index contributed by atoms with van der Waals surface area (Å²) >= 11 is 0. The maximum Gasteiger partial charge on any atom is 0.319 e. The fourth-order valence-corrected chi connectivity index (χ4v) is 2.25. The van der Waals surface area contributed by atoms with Crippen LogP contribution in [0.2, 0.25) is 0 Å². The highest BCUT2D eigenvalue weighted by Crippen LogP contribution is 2.27. The van der Waals surface area contributed by atoms with Gasteiger partial charge in [0, 0.05) is 6.04 Å². The van der Waals surface area contributed by atoms with Crippen molar-refractivity contribution in [2.24, 2.45) is 5.92 Å². The van der Waals surface area contributed by atoms with Gasteiger partial charge in [0.15, 0.2) is 0 Å². The SMILES string of the molecule is CCCCOC(=O)CNC(C)C1CCCC1. The Morgan fingerprint density at radius 3 is 2.75 bits per heavy atom. The molecule has 0 aliphatic heterocycles. The third kappa shape index (κ3) is 4.97. The van der Waals surface area contributed by atoms with E-state index in [1.165, 1.54) is 25.7 Å². The van der Waals surface area contributed by atoms with Crippen LogP contribution in [0.25, 0.3) is 0 Å². The minimum atomic E-state index is -0.113. The summed E-state index contributed by atoms with van der Waals surface area (Å²) in [4.78, 5) is 11.4. The van der Waals surface area contributed by atoms with E-state index in [9.17, 15) is 4.79 Å². The predicted molar refractivity (Wildman–Crippen MR) is 65.3 cm³/mol. The van der Waals surface area contributed by atoms with Crippen LogP contribution in [0.15, 0.2) is 0 Å². The molecule has 1 saturated carbocycles. The molecule has 1 fully saturated rings. The van der Waals surface area contributed by atoms with Crippen molar-refractivity contribution in [3.05, 3.63) is 0 Å². The van der Waals surface area contributed by atoms with E-state index in [-0.39, 0.29) is 5.97 Å². The lowest BCUT2D eigenvalue weighted by Crippen LogP contribution is -2.36. The van der Waals surface area contributed by atoms with E-state index in [1.54, 1.807) is 0 Å². The third-order valence-electron chi connectivity index (χ3n) is 3.44. The number of nitrogens with one attached hydrogen (secondary N) is 1. The third-order valence-corrected chi connectivity index (χ3v) is 3.44. The van der Waals surface area contributed by atoms with Crippen molar-refractivity contribution in [2.45, 2.75) is 58.4 Å². The first kappa shape index (κ1) is 13.5. The summed E-state index contributed by atoms with van der Waals surface area (Å²) in [6, 6.07) is 0.446. The Bertz CT molecular complexity index is 200. The second-order valence-electron chi connectivity index (χ2n) is 4.79. The summed E-state index contributed by atoms with van der Waals surface area (Å²) < 4.78 is 5.09. The molecular weight excluding hydrogens is 202 g/mol. The number of rotatable bonds is 7. The first-order valence-corrected chi connectivity index (χ1v) is 6.63. The molecule has 0 aromatic carbocycles. The molecule has 0 radical (unpaired) electrons.